The van der Waals surface area contributed by atoms with Crippen LogP contribution in [-0.2, 0) is 19.6 Å². The molecule has 1 N–H and O–H groups in total. The topological polar surface area (TPSA) is 84.9 Å². The summed E-state index contributed by atoms with van der Waals surface area (Å²) in [5.74, 6) is 0.134. The van der Waals surface area contributed by atoms with Gasteiger partial charge in [-0.15, -0.1) is 0 Å². The zero-order valence-electron chi connectivity index (χ0n) is 15.6. The lowest BCUT2D eigenvalue weighted by Gasteiger charge is -2.17. The minimum absolute atomic E-state index is 0.0900. The van der Waals surface area contributed by atoms with Gasteiger partial charge >= 0.3 is 0 Å². The number of hydrogen-bond donors (Lipinski definition) is 1. The fourth-order valence-corrected chi connectivity index (χ4v) is 3.38. The number of carbonyl (C=O) groups excluding carboxylic acids is 1. The molecule has 1 amide bonds. The number of benzene rings is 2. The van der Waals surface area contributed by atoms with Crippen LogP contribution in [0.1, 0.15) is 5.56 Å². The monoisotopic (exact) mass is 392 g/mol. The van der Waals surface area contributed by atoms with E-state index in [0.29, 0.717) is 24.7 Å². The average molecular weight is 392 g/mol. The van der Waals surface area contributed by atoms with Gasteiger partial charge in [0, 0.05) is 19.8 Å². The maximum atomic E-state index is 12.6. The van der Waals surface area contributed by atoms with Gasteiger partial charge in [0.25, 0.3) is 0 Å². The van der Waals surface area contributed by atoms with Crippen molar-refractivity contribution < 1.29 is 22.7 Å². The molecule has 0 heterocycles. The number of hydrogen-bond acceptors (Lipinski definition) is 5. The molecule has 0 fully saturated rings. The minimum atomic E-state index is -3.78. The van der Waals surface area contributed by atoms with Crippen LogP contribution in [0.5, 0.6) is 5.75 Å². The van der Waals surface area contributed by atoms with Gasteiger partial charge in [-0.05, 0) is 43.3 Å². The molecule has 27 heavy (non-hydrogen) atoms. The van der Waals surface area contributed by atoms with Crippen molar-refractivity contribution in [3.05, 3.63) is 54.1 Å². The van der Waals surface area contributed by atoms with E-state index in [1.54, 1.807) is 31.4 Å². The third-order valence-electron chi connectivity index (χ3n) is 3.79. The molecule has 0 unspecified atom stereocenters. The summed E-state index contributed by atoms with van der Waals surface area (Å²) < 4.78 is 36.6. The van der Waals surface area contributed by atoms with Crippen LogP contribution in [0.4, 0.5) is 5.69 Å². The van der Waals surface area contributed by atoms with E-state index in [-0.39, 0.29) is 11.4 Å². The molecule has 0 aliphatic carbocycles. The van der Waals surface area contributed by atoms with E-state index in [1.165, 1.54) is 19.2 Å². The molecule has 0 saturated heterocycles. The van der Waals surface area contributed by atoms with E-state index in [9.17, 15) is 13.2 Å². The number of carbonyl (C=O) groups is 1. The van der Waals surface area contributed by atoms with Gasteiger partial charge < -0.3 is 14.8 Å². The van der Waals surface area contributed by atoms with Gasteiger partial charge in [0.1, 0.15) is 12.4 Å². The molecular formula is C19H24N2O5S. The van der Waals surface area contributed by atoms with Gasteiger partial charge in [-0.1, -0.05) is 17.7 Å². The Hall–Kier alpha value is -2.42. The van der Waals surface area contributed by atoms with Gasteiger partial charge in [-0.2, -0.15) is 4.31 Å². The van der Waals surface area contributed by atoms with Crippen LogP contribution in [0.3, 0.4) is 0 Å². The van der Waals surface area contributed by atoms with Crippen LogP contribution in [0.25, 0.3) is 0 Å². The maximum Gasteiger partial charge on any atom is 0.243 e. The number of ether oxygens (including phenoxy) is 2. The highest BCUT2D eigenvalue weighted by molar-refractivity contribution is 7.89. The van der Waals surface area contributed by atoms with E-state index >= 15 is 0 Å². The molecule has 0 radical (unpaired) electrons. The minimum Gasteiger partial charge on any atom is -0.491 e. The average Bonchev–Trinajstić information content (AvgIpc) is 2.64. The summed E-state index contributed by atoms with van der Waals surface area (Å²) in [4.78, 5) is 12.2. The largest absolute Gasteiger partial charge is 0.491 e. The van der Waals surface area contributed by atoms with Crippen LogP contribution in [-0.4, -0.2) is 52.5 Å². The van der Waals surface area contributed by atoms with Crippen molar-refractivity contribution in [2.45, 2.75) is 11.8 Å². The number of likely N-dealkylation sites (N-methyl/N-ethyl adjacent to an activating group) is 1. The standard InChI is InChI=1S/C19H24N2O5S/c1-15-4-6-16(7-5-15)20-19(22)14-21(2)27(23,24)18-10-8-17(9-11-18)26-13-12-25-3/h4-11H,12-14H2,1-3H3,(H,20,22). The zero-order valence-corrected chi connectivity index (χ0v) is 16.5. The van der Waals surface area contributed by atoms with Crippen molar-refractivity contribution in [1.82, 2.24) is 4.31 Å². The lowest BCUT2D eigenvalue weighted by atomic mass is 10.2. The lowest BCUT2D eigenvalue weighted by molar-refractivity contribution is -0.116. The highest BCUT2D eigenvalue weighted by Gasteiger charge is 2.23. The van der Waals surface area contributed by atoms with Crippen LogP contribution in [0.2, 0.25) is 0 Å². The molecule has 0 aliphatic heterocycles. The SMILES string of the molecule is COCCOc1ccc(S(=O)(=O)N(C)CC(=O)Nc2ccc(C)cc2)cc1. The first-order chi connectivity index (χ1) is 12.8. The molecule has 2 rings (SSSR count). The highest BCUT2D eigenvalue weighted by Crippen LogP contribution is 2.19. The molecule has 0 aromatic heterocycles. The number of anilines is 1. The van der Waals surface area contributed by atoms with Crippen LogP contribution in [0, 0.1) is 6.92 Å². The number of rotatable bonds is 9. The summed E-state index contributed by atoms with van der Waals surface area (Å²) in [6, 6.07) is 13.3. The second-order valence-electron chi connectivity index (χ2n) is 5.99. The summed E-state index contributed by atoms with van der Waals surface area (Å²) in [6.07, 6.45) is 0. The van der Waals surface area contributed by atoms with Crippen LogP contribution >= 0.6 is 0 Å². The molecule has 146 valence electrons. The number of sulfonamides is 1. The summed E-state index contributed by atoms with van der Waals surface area (Å²) in [5, 5.41) is 2.68. The summed E-state index contributed by atoms with van der Waals surface area (Å²) in [7, 11) is -0.841. The van der Waals surface area contributed by atoms with E-state index in [4.69, 9.17) is 9.47 Å². The molecule has 0 atom stereocenters. The predicted octanol–water partition coefficient (Wildman–Crippen LogP) is 2.28. The quantitative estimate of drug-likeness (QED) is 0.662. The number of nitrogens with zero attached hydrogens (tertiary/aromatic N) is 1. The molecule has 7 nitrogen and oxygen atoms in total. The first kappa shape index (κ1) is 20.9. The Morgan fingerprint density at radius 2 is 1.67 bits per heavy atom. The fraction of sp³-hybridized carbons (Fsp3) is 0.316. The predicted molar refractivity (Wildman–Crippen MR) is 103 cm³/mol. The third kappa shape index (κ3) is 6.06. The van der Waals surface area contributed by atoms with Crippen molar-refractivity contribution in [3.63, 3.8) is 0 Å². The summed E-state index contributed by atoms with van der Waals surface area (Å²) in [6.45, 7) is 2.47. The highest BCUT2D eigenvalue weighted by atomic mass is 32.2. The first-order valence-corrected chi connectivity index (χ1v) is 9.81. The Balaban J connectivity index is 1.98. The number of methoxy groups -OCH3 is 1. The number of amides is 1. The maximum absolute atomic E-state index is 12.6. The van der Waals surface area contributed by atoms with E-state index in [2.05, 4.69) is 5.32 Å². The molecule has 8 heteroatoms. The van der Waals surface area contributed by atoms with Crippen molar-refractivity contribution in [2.75, 3.05) is 39.2 Å². The molecule has 0 aliphatic rings. The molecule has 0 spiro atoms. The zero-order chi connectivity index (χ0) is 19.9. The van der Waals surface area contributed by atoms with Gasteiger partial charge in [0.05, 0.1) is 18.0 Å². The van der Waals surface area contributed by atoms with E-state index < -0.39 is 15.9 Å². The molecule has 2 aromatic rings. The third-order valence-corrected chi connectivity index (χ3v) is 5.61. The fourth-order valence-electron chi connectivity index (χ4n) is 2.26. The first-order valence-electron chi connectivity index (χ1n) is 8.37. The molecular weight excluding hydrogens is 368 g/mol. The van der Waals surface area contributed by atoms with Gasteiger partial charge in [0.15, 0.2) is 0 Å². The Bertz CT molecular complexity index is 849. The van der Waals surface area contributed by atoms with E-state index in [1.807, 2.05) is 19.1 Å². The van der Waals surface area contributed by atoms with Crippen molar-refractivity contribution in [1.29, 1.82) is 0 Å². The lowest BCUT2D eigenvalue weighted by Crippen LogP contribution is -2.34. The molecule has 2 aromatic carbocycles. The normalized spacial score (nSPS) is 11.4. The van der Waals surface area contributed by atoms with Gasteiger partial charge in [0.2, 0.25) is 15.9 Å². The van der Waals surface area contributed by atoms with Crippen LogP contribution in [0.15, 0.2) is 53.4 Å². The Morgan fingerprint density at radius 1 is 1.04 bits per heavy atom. The Labute approximate surface area is 160 Å². The van der Waals surface area contributed by atoms with E-state index in [0.717, 1.165) is 9.87 Å². The van der Waals surface area contributed by atoms with Crippen molar-refractivity contribution in [3.8, 4) is 5.75 Å². The molecule has 0 bridgehead atoms. The smallest absolute Gasteiger partial charge is 0.243 e. The second kappa shape index (κ2) is 9.50. The van der Waals surface area contributed by atoms with Crippen LogP contribution < -0.4 is 10.1 Å². The second-order valence-corrected chi connectivity index (χ2v) is 8.03. The number of nitrogens with one attached hydrogen (secondary N) is 1. The van der Waals surface area contributed by atoms with Gasteiger partial charge in [-0.3, -0.25) is 4.79 Å². The summed E-state index contributed by atoms with van der Waals surface area (Å²) in [5.41, 5.74) is 1.69. The summed E-state index contributed by atoms with van der Waals surface area (Å²) >= 11 is 0. The number of aryl methyl sites for hydroxylation is 1. The molecule has 0 saturated carbocycles. The Morgan fingerprint density at radius 3 is 2.26 bits per heavy atom. The van der Waals surface area contributed by atoms with Gasteiger partial charge in [-0.25, -0.2) is 8.42 Å². The van der Waals surface area contributed by atoms with Crippen molar-refractivity contribution >= 4 is 21.6 Å². The van der Waals surface area contributed by atoms with Crippen molar-refractivity contribution in [2.24, 2.45) is 0 Å². The Kier molecular flexibility index (Phi) is 7.35.